The molecule has 0 aliphatic carbocycles. The van der Waals surface area contributed by atoms with Gasteiger partial charge in [0, 0.05) is 12.2 Å². The number of nitrogens with zero attached hydrogens (tertiary/aromatic N) is 2. The van der Waals surface area contributed by atoms with Gasteiger partial charge < -0.3 is 9.72 Å². The smallest absolute Gasteiger partial charge is 0.263 e. The van der Waals surface area contributed by atoms with Gasteiger partial charge in [-0.3, -0.25) is 9.36 Å². The van der Waals surface area contributed by atoms with Crippen LogP contribution in [-0.2, 0) is 6.54 Å². The quantitative estimate of drug-likeness (QED) is 0.737. The van der Waals surface area contributed by atoms with Crippen LogP contribution in [0.2, 0.25) is 0 Å². The van der Waals surface area contributed by atoms with E-state index in [0.717, 1.165) is 23.7 Å². The van der Waals surface area contributed by atoms with Crippen molar-refractivity contribution in [1.82, 2.24) is 14.5 Å². The van der Waals surface area contributed by atoms with Gasteiger partial charge in [-0.25, -0.2) is 4.98 Å². The summed E-state index contributed by atoms with van der Waals surface area (Å²) in [6.45, 7) is 6.99. The molecule has 0 aliphatic rings. The highest BCUT2D eigenvalue weighted by Crippen LogP contribution is 2.13. The van der Waals surface area contributed by atoms with Gasteiger partial charge in [0.25, 0.3) is 5.56 Å². The molecule has 2 heterocycles. The summed E-state index contributed by atoms with van der Waals surface area (Å²) in [5, 5.41) is 0.646. The summed E-state index contributed by atoms with van der Waals surface area (Å²) in [7, 11) is 0. The Bertz CT molecular complexity index is 893. The van der Waals surface area contributed by atoms with E-state index in [1.807, 2.05) is 51.1 Å². The molecule has 1 aromatic carbocycles. The first-order valence-electron chi connectivity index (χ1n) is 7.81. The van der Waals surface area contributed by atoms with Gasteiger partial charge in [0.2, 0.25) is 0 Å². The first-order chi connectivity index (χ1) is 11.0. The minimum atomic E-state index is 0.00686. The zero-order valence-electron chi connectivity index (χ0n) is 13.7. The molecule has 0 bridgehead atoms. The van der Waals surface area contributed by atoms with Gasteiger partial charge in [0.05, 0.1) is 12.0 Å². The fraction of sp³-hybridized carbons (Fsp3) is 0.333. The Morgan fingerprint density at radius 2 is 2.04 bits per heavy atom. The van der Waals surface area contributed by atoms with Crippen LogP contribution >= 0.6 is 0 Å². The van der Waals surface area contributed by atoms with Gasteiger partial charge in [-0.05, 0) is 51.0 Å². The highest BCUT2D eigenvalue weighted by molar-refractivity contribution is 5.75. The van der Waals surface area contributed by atoms with Gasteiger partial charge in [-0.2, -0.15) is 0 Å². The average Bonchev–Trinajstić information content (AvgIpc) is 2.87. The van der Waals surface area contributed by atoms with Gasteiger partial charge >= 0.3 is 0 Å². The van der Waals surface area contributed by atoms with Crippen molar-refractivity contribution in [1.29, 1.82) is 0 Å². The van der Waals surface area contributed by atoms with Crippen LogP contribution in [-0.4, -0.2) is 21.1 Å². The fourth-order valence-electron chi connectivity index (χ4n) is 2.72. The molecule has 3 aromatic rings. The number of rotatable bonds is 5. The summed E-state index contributed by atoms with van der Waals surface area (Å²) in [6, 6.07) is 9.82. The van der Waals surface area contributed by atoms with Gasteiger partial charge in [0.15, 0.2) is 0 Å². The van der Waals surface area contributed by atoms with Crippen molar-refractivity contribution in [2.24, 2.45) is 0 Å². The van der Waals surface area contributed by atoms with E-state index in [1.165, 1.54) is 5.56 Å². The van der Waals surface area contributed by atoms with Crippen molar-refractivity contribution in [3.05, 3.63) is 57.8 Å². The first kappa shape index (κ1) is 15.3. The lowest BCUT2D eigenvalue weighted by atomic mass is 10.2. The predicted octanol–water partition coefficient (Wildman–Crippen LogP) is 3.12. The summed E-state index contributed by atoms with van der Waals surface area (Å²) in [4.78, 5) is 20.1. The maximum atomic E-state index is 12.5. The molecule has 0 atom stereocenters. The molecule has 0 spiro atoms. The molecular weight excluding hydrogens is 290 g/mol. The second-order valence-electron chi connectivity index (χ2n) is 5.85. The van der Waals surface area contributed by atoms with E-state index in [4.69, 9.17) is 4.74 Å². The molecule has 0 unspecified atom stereocenters. The zero-order valence-corrected chi connectivity index (χ0v) is 13.7. The standard InChI is InChI=1S/C18H21N3O2/c1-12-6-4-7-15(10-12)23-9-5-8-21-14(3)20-17-16(18(21)22)11-13(2)19-17/h4,6-7,10-11,19H,5,8-9H2,1-3H3. The number of hydrogen-bond donors (Lipinski definition) is 1. The van der Waals surface area contributed by atoms with E-state index in [1.54, 1.807) is 4.57 Å². The summed E-state index contributed by atoms with van der Waals surface area (Å²) in [5.74, 6) is 1.59. The Morgan fingerprint density at radius 1 is 1.22 bits per heavy atom. The average molecular weight is 311 g/mol. The molecule has 0 saturated heterocycles. The van der Waals surface area contributed by atoms with E-state index in [0.29, 0.717) is 24.2 Å². The summed E-state index contributed by atoms with van der Waals surface area (Å²) >= 11 is 0. The third-order valence-corrected chi connectivity index (χ3v) is 3.86. The Kier molecular flexibility index (Phi) is 4.19. The number of hydrogen-bond acceptors (Lipinski definition) is 3. The van der Waals surface area contributed by atoms with E-state index in [2.05, 4.69) is 9.97 Å². The lowest BCUT2D eigenvalue weighted by Gasteiger charge is -2.10. The normalized spacial score (nSPS) is 11.1. The van der Waals surface area contributed by atoms with E-state index < -0.39 is 0 Å². The van der Waals surface area contributed by atoms with Crippen molar-refractivity contribution in [3.8, 4) is 5.75 Å². The second-order valence-corrected chi connectivity index (χ2v) is 5.85. The van der Waals surface area contributed by atoms with Crippen LogP contribution in [0.3, 0.4) is 0 Å². The molecule has 2 aromatic heterocycles. The number of aromatic nitrogens is 3. The Balaban J connectivity index is 1.68. The summed E-state index contributed by atoms with van der Waals surface area (Å²) in [5.41, 5.74) is 2.79. The topological polar surface area (TPSA) is 59.9 Å². The fourth-order valence-corrected chi connectivity index (χ4v) is 2.72. The molecule has 0 fully saturated rings. The van der Waals surface area contributed by atoms with Gasteiger partial charge in [-0.1, -0.05) is 12.1 Å². The van der Waals surface area contributed by atoms with E-state index >= 15 is 0 Å². The third kappa shape index (κ3) is 3.28. The number of fused-ring (bicyclic) bond motifs is 1. The first-order valence-corrected chi connectivity index (χ1v) is 7.81. The molecule has 0 saturated carbocycles. The van der Waals surface area contributed by atoms with Crippen LogP contribution in [0.1, 0.15) is 23.5 Å². The third-order valence-electron chi connectivity index (χ3n) is 3.86. The lowest BCUT2D eigenvalue weighted by Crippen LogP contribution is -2.24. The van der Waals surface area contributed by atoms with Crippen molar-refractivity contribution < 1.29 is 4.74 Å². The molecular formula is C18H21N3O2. The molecule has 0 radical (unpaired) electrons. The maximum Gasteiger partial charge on any atom is 0.263 e. The Labute approximate surface area is 134 Å². The molecule has 5 nitrogen and oxygen atoms in total. The van der Waals surface area contributed by atoms with E-state index in [9.17, 15) is 4.79 Å². The molecule has 23 heavy (non-hydrogen) atoms. The Hall–Kier alpha value is -2.56. The van der Waals surface area contributed by atoms with E-state index in [-0.39, 0.29) is 5.56 Å². The van der Waals surface area contributed by atoms with Crippen LogP contribution in [0, 0.1) is 20.8 Å². The molecule has 5 heteroatoms. The van der Waals surface area contributed by atoms with Crippen molar-refractivity contribution >= 4 is 11.0 Å². The largest absolute Gasteiger partial charge is 0.494 e. The minimum Gasteiger partial charge on any atom is -0.494 e. The van der Waals surface area contributed by atoms with Crippen LogP contribution in [0.15, 0.2) is 35.1 Å². The van der Waals surface area contributed by atoms with Gasteiger partial charge in [0.1, 0.15) is 17.2 Å². The summed E-state index contributed by atoms with van der Waals surface area (Å²) < 4.78 is 7.46. The maximum absolute atomic E-state index is 12.5. The van der Waals surface area contributed by atoms with Crippen LogP contribution in [0.4, 0.5) is 0 Å². The second kappa shape index (κ2) is 6.28. The molecule has 0 aliphatic heterocycles. The van der Waals surface area contributed by atoms with Crippen LogP contribution in [0.5, 0.6) is 5.75 Å². The molecule has 3 rings (SSSR count). The zero-order chi connectivity index (χ0) is 16.4. The van der Waals surface area contributed by atoms with Crippen LogP contribution in [0.25, 0.3) is 11.0 Å². The number of ether oxygens (including phenoxy) is 1. The monoisotopic (exact) mass is 311 g/mol. The predicted molar refractivity (Wildman–Crippen MR) is 91.1 cm³/mol. The van der Waals surface area contributed by atoms with Gasteiger partial charge in [-0.15, -0.1) is 0 Å². The number of aryl methyl sites for hydroxylation is 3. The molecule has 0 amide bonds. The highest BCUT2D eigenvalue weighted by atomic mass is 16.5. The molecule has 120 valence electrons. The highest BCUT2D eigenvalue weighted by Gasteiger charge is 2.09. The minimum absolute atomic E-state index is 0.00686. The van der Waals surface area contributed by atoms with Crippen molar-refractivity contribution in [2.75, 3.05) is 6.61 Å². The summed E-state index contributed by atoms with van der Waals surface area (Å²) in [6.07, 6.45) is 0.755. The Morgan fingerprint density at radius 3 is 2.83 bits per heavy atom. The SMILES string of the molecule is Cc1cccc(OCCCn2c(C)nc3[nH]c(C)cc3c2=O)c1. The number of aromatic amines is 1. The van der Waals surface area contributed by atoms with Crippen LogP contribution < -0.4 is 10.3 Å². The number of nitrogens with one attached hydrogen (secondary N) is 1. The lowest BCUT2D eigenvalue weighted by molar-refractivity contribution is 0.300. The van der Waals surface area contributed by atoms with Crippen molar-refractivity contribution in [2.45, 2.75) is 33.7 Å². The van der Waals surface area contributed by atoms with Crippen molar-refractivity contribution in [3.63, 3.8) is 0 Å². The number of H-pyrrole nitrogens is 1. The molecule has 1 N–H and O–H groups in total. The number of benzene rings is 1.